The van der Waals surface area contributed by atoms with Crippen LogP contribution in [0.3, 0.4) is 0 Å². The Labute approximate surface area is 102 Å². The van der Waals surface area contributed by atoms with Crippen LogP contribution in [-0.2, 0) is 14.3 Å². The average Bonchev–Trinajstić information content (AvgIpc) is 2.93. The number of halogens is 2. The number of epoxide rings is 1. The Hall–Kier alpha value is -0.550. The molecule has 1 fully saturated rings. The number of aliphatic hydroxyl groups excluding tert-OH is 1. The number of alkyl halides is 1. The van der Waals surface area contributed by atoms with Crippen LogP contribution in [0.5, 0.6) is 0 Å². The fourth-order valence-corrected chi connectivity index (χ4v) is 2.59. The minimum absolute atomic E-state index is 0.0961. The monoisotopic (exact) mass is 264 g/mol. The van der Waals surface area contributed by atoms with E-state index in [1.165, 1.54) is 13.2 Å². The summed E-state index contributed by atoms with van der Waals surface area (Å²) in [5, 5.41) is 8.62. The first-order valence-electron chi connectivity index (χ1n) is 4.63. The topological polar surface area (TPSA) is 59.1 Å². The van der Waals surface area contributed by atoms with Crippen molar-refractivity contribution >= 4 is 29.0 Å². The summed E-state index contributed by atoms with van der Waals surface area (Å²) >= 11 is 11.9. The van der Waals surface area contributed by atoms with E-state index in [4.69, 9.17) is 32.7 Å². The van der Waals surface area contributed by atoms with E-state index in [9.17, 15) is 9.90 Å². The van der Waals surface area contributed by atoms with Crippen molar-refractivity contribution in [2.24, 2.45) is 0 Å². The highest BCUT2D eigenvalue weighted by molar-refractivity contribution is 6.42. The molecule has 2 aliphatic rings. The van der Waals surface area contributed by atoms with Crippen LogP contribution in [0.1, 0.15) is 6.92 Å². The third kappa shape index (κ3) is 1.16. The highest BCUT2D eigenvalue weighted by Gasteiger charge is 2.81. The number of ether oxygens (including phenoxy) is 2. The van der Waals surface area contributed by atoms with E-state index in [1.54, 1.807) is 6.92 Å². The molecule has 3 unspecified atom stereocenters. The Kier molecular flexibility index (Phi) is 2.58. The number of rotatable bonds is 2. The summed E-state index contributed by atoms with van der Waals surface area (Å²) in [5.41, 5.74) is -1.40. The van der Waals surface area contributed by atoms with Gasteiger partial charge in [-0.3, -0.25) is 4.79 Å². The van der Waals surface area contributed by atoms with Crippen LogP contribution in [0, 0.1) is 0 Å². The molecule has 1 heterocycles. The zero-order chi connectivity index (χ0) is 12.1. The van der Waals surface area contributed by atoms with Crippen molar-refractivity contribution in [1.29, 1.82) is 0 Å². The van der Waals surface area contributed by atoms with Crippen molar-refractivity contribution in [1.82, 2.24) is 0 Å². The van der Waals surface area contributed by atoms with Gasteiger partial charge in [-0.15, -0.1) is 0 Å². The van der Waals surface area contributed by atoms with Crippen LogP contribution >= 0.6 is 23.2 Å². The fraction of sp³-hybridized carbons (Fsp3) is 0.500. The summed E-state index contributed by atoms with van der Waals surface area (Å²) in [4.78, 5) is 11.7. The first kappa shape index (κ1) is 11.9. The largest absolute Gasteiger partial charge is 0.498 e. The van der Waals surface area contributed by atoms with Crippen molar-refractivity contribution in [3.8, 4) is 0 Å². The summed E-state index contributed by atoms with van der Waals surface area (Å²) in [5.74, 6) is -0.380. The standard InChI is InChI=1S/C10H10Cl2O4/c1-3-6(11)9-8(14)5(15-2)4-7(13)10(9,12)16-9/h3-4,8,14H,1-2H3/b6-3-. The van der Waals surface area contributed by atoms with Crippen molar-refractivity contribution in [3.05, 3.63) is 22.9 Å². The highest BCUT2D eigenvalue weighted by Crippen LogP contribution is 2.62. The van der Waals surface area contributed by atoms with Crippen molar-refractivity contribution < 1.29 is 19.4 Å². The minimum Gasteiger partial charge on any atom is -0.498 e. The molecule has 3 atom stereocenters. The number of hydrogen-bond acceptors (Lipinski definition) is 4. The van der Waals surface area contributed by atoms with E-state index in [2.05, 4.69) is 0 Å². The van der Waals surface area contributed by atoms with Gasteiger partial charge in [0.15, 0.2) is 5.60 Å². The van der Waals surface area contributed by atoms with E-state index in [1.807, 2.05) is 0 Å². The SMILES string of the molecule is C/C=C(\Cl)C12OC1(Cl)C(=O)C=C(OC)C2O. The maximum absolute atomic E-state index is 11.7. The predicted molar refractivity (Wildman–Crippen MR) is 58.1 cm³/mol. The maximum Gasteiger partial charge on any atom is 0.243 e. The van der Waals surface area contributed by atoms with Gasteiger partial charge in [0, 0.05) is 6.08 Å². The molecule has 6 heteroatoms. The van der Waals surface area contributed by atoms with Gasteiger partial charge in [0.05, 0.1) is 12.1 Å². The van der Waals surface area contributed by atoms with Crippen molar-refractivity contribution in [3.63, 3.8) is 0 Å². The summed E-state index contributed by atoms with van der Waals surface area (Å²) in [6.07, 6.45) is 1.47. The van der Waals surface area contributed by atoms with E-state index in [0.717, 1.165) is 6.08 Å². The van der Waals surface area contributed by atoms with Gasteiger partial charge in [0.2, 0.25) is 10.8 Å². The molecular formula is C10H10Cl2O4. The number of allylic oxidation sites excluding steroid dienone is 1. The van der Waals surface area contributed by atoms with Gasteiger partial charge in [-0.2, -0.15) is 0 Å². The minimum atomic E-state index is -1.60. The molecular weight excluding hydrogens is 255 g/mol. The molecule has 2 rings (SSSR count). The molecule has 0 aromatic carbocycles. The molecule has 0 bridgehead atoms. The van der Waals surface area contributed by atoms with E-state index >= 15 is 0 Å². The summed E-state index contributed by atoms with van der Waals surface area (Å²) in [6.45, 7) is 1.66. The number of hydrogen-bond donors (Lipinski definition) is 1. The molecule has 1 aliphatic carbocycles. The van der Waals surface area contributed by atoms with Crippen LogP contribution in [0.25, 0.3) is 0 Å². The van der Waals surface area contributed by atoms with E-state index < -0.39 is 22.5 Å². The van der Waals surface area contributed by atoms with E-state index in [-0.39, 0.29) is 10.8 Å². The van der Waals surface area contributed by atoms with Gasteiger partial charge in [0.25, 0.3) is 0 Å². The molecule has 1 saturated heterocycles. The third-order valence-corrected chi connectivity index (χ3v) is 3.87. The normalized spacial score (nSPS) is 42.6. The van der Waals surface area contributed by atoms with Crippen LogP contribution in [0.15, 0.2) is 22.9 Å². The lowest BCUT2D eigenvalue weighted by Crippen LogP contribution is -2.44. The molecule has 16 heavy (non-hydrogen) atoms. The van der Waals surface area contributed by atoms with Crippen LogP contribution in [0.2, 0.25) is 0 Å². The molecule has 1 N–H and O–H groups in total. The Morgan fingerprint density at radius 3 is 2.88 bits per heavy atom. The van der Waals surface area contributed by atoms with Gasteiger partial charge in [-0.25, -0.2) is 0 Å². The second-order valence-corrected chi connectivity index (χ2v) is 4.53. The summed E-state index contributed by atoms with van der Waals surface area (Å²) in [6, 6.07) is 0. The lowest BCUT2D eigenvalue weighted by molar-refractivity contribution is -0.117. The quantitative estimate of drug-likeness (QED) is 0.604. The Morgan fingerprint density at radius 2 is 2.38 bits per heavy atom. The maximum atomic E-state index is 11.7. The molecule has 4 nitrogen and oxygen atoms in total. The highest BCUT2D eigenvalue weighted by atomic mass is 35.5. The zero-order valence-electron chi connectivity index (χ0n) is 8.66. The molecule has 0 aromatic heterocycles. The number of carbonyl (C=O) groups excluding carboxylic acids is 1. The van der Waals surface area contributed by atoms with E-state index in [0.29, 0.717) is 0 Å². The summed E-state index contributed by atoms with van der Waals surface area (Å²) in [7, 11) is 1.35. The molecule has 0 amide bonds. The van der Waals surface area contributed by atoms with Gasteiger partial charge in [0.1, 0.15) is 11.9 Å². The van der Waals surface area contributed by atoms with Crippen LogP contribution < -0.4 is 0 Å². The third-order valence-electron chi connectivity index (χ3n) is 2.83. The fourth-order valence-electron chi connectivity index (χ4n) is 1.88. The van der Waals surface area contributed by atoms with Gasteiger partial charge < -0.3 is 14.6 Å². The molecule has 0 saturated carbocycles. The van der Waals surface area contributed by atoms with Gasteiger partial charge in [-0.05, 0) is 6.92 Å². The molecule has 88 valence electrons. The number of methoxy groups -OCH3 is 1. The Bertz CT molecular complexity index is 417. The van der Waals surface area contributed by atoms with Crippen LogP contribution in [0.4, 0.5) is 0 Å². The first-order chi connectivity index (χ1) is 7.44. The van der Waals surface area contributed by atoms with Gasteiger partial charge in [-0.1, -0.05) is 29.3 Å². The smallest absolute Gasteiger partial charge is 0.243 e. The molecule has 0 spiro atoms. The Balaban J connectivity index is 2.51. The van der Waals surface area contributed by atoms with Crippen molar-refractivity contribution in [2.75, 3.05) is 7.11 Å². The summed E-state index contributed by atoms with van der Waals surface area (Å²) < 4.78 is 10.1. The first-order valence-corrected chi connectivity index (χ1v) is 5.39. The van der Waals surface area contributed by atoms with Gasteiger partial charge >= 0.3 is 0 Å². The second-order valence-electron chi connectivity index (χ2n) is 3.59. The Morgan fingerprint density at radius 1 is 1.75 bits per heavy atom. The zero-order valence-corrected chi connectivity index (χ0v) is 10.2. The van der Waals surface area contributed by atoms with Crippen molar-refractivity contribution in [2.45, 2.75) is 23.7 Å². The predicted octanol–water partition coefficient (Wildman–Crippen LogP) is 1.31. The van der Waals surface area contributed by atoms with Crippen LogP contribution in [-0.4, -0.2) is 34.8 Å². The lowest BCUT2D eigenvalue weighted by Gasteiger charge is -2.25. The lowest BCUT2D eigenvalue weighted by atomic mass is 9.88. The molecule has 0 aromatic rings. The average molecular weight is 265 g/mol. The number of fused-ring (bicyclic) bond motifs is 1. The number of ketones is 1. The molecule has 0 radical (unpaired) electrons. The number of carbonyl (C=O) groups is 1. The molecule has 1 aliphatic heterocycles. The second kappa shape index (κ2) is 3.47. The number of aliphatic hydroxyl groups is 1.